The van der Waals surface area contributed by atoms with Crippen LogP contribution in [-0.4, -0.2) is 32.5 Å². The highest BCUT2D eigenvalue weighted by Gasteiger charge is 2.34. The number of nitrogens with one attached hydrogen (secondary N) is 1. The van der Waals surface area contributed by atoms with Gasteiger partial charge in [-0.1, -0.05) is 57.8 Å². The van der Waals surface area contributed by atoms with Gasteiger partial charge in [0, 0.05) is 46.6 Å². The predicted octanol–water partition coefficient (Wildman–Crippen LogP) is 6.71. The average molecular weight is 522 g/mol. The number of rotatable bonds is 6. The van der Waals surface area contributed by atoms with E-state index in [9.17, 15) is 13.6 Å². The Morgan fingerprint density at radius 2 is 1.89 bits per heavy atom. The molecule has 2 aromatic heterocycles. The SMILES string of the molecule is C=C/C=c1\c(=C(C)C)c(-c2cc(=O)[nH]c(C)n2)cn1CCSC.CC(F)(F)C1CCCCC1.CCC. The van der Waals surface area contributed by atoms with Crippen molar-refractivity contribution in [3.63, 3.8) is 0 Å². The number of thioether (sulfide) groups is 1. The fourth-order valence-electron chi connectivity index (χ4n) is 4.28. The van der Waals surface area contributed by atoms with Crippen molar-refractivity contribution < 1.29 is 8.78 Å². The Labute approximate surface area is 220 Å². The molecule has 0 amide bonds. The Morgan fingerprint density at radius 1 is 1.28 bits per heavy atom. The van der Waals surface area contributed by atoms with Crippen LogP contribution in [0.3, 0.4) is 0 Å². The van der Waals surface area contributed by atoms with Crippen LogP contribution in [0.4, 0.5) is 8.78 Å². The van der Waals surface area contributed by atoms with E-state index in [1.165, 1.54) is 12.0 Å². The van der Waals surface area contributed by atoms with E-state index in [1.807, 2.05) is 17.8 Å². The van der Waals surface area contributed by atoms with Crippen LogP contribution < -0.4 is 16.1 Å². The smallest absolute Gasteiger partial charge is 0.251 e. The van der Waals surface area contributed by atoms with Gasteiger partial charge in [-0.3, -0.25) is 4.79 Å². The molecule has 0 atom stereocenters. The lowest BCUT2D eigenvalue weighted by molar-refractivity contribution is -0.0528. The zero-order chi connectivity index (χ0) is 27.3. The Kier molecular flexibility index (Phi) is 14.0. The monoisotopic (exact) mass is 521 g/mol. The minimum absolute atomic E-state index is 0.127. The van der Waals surface area contributed by atoms with Gasteiger partial charge in [0.25, 0.3) is 5.56 Å². The van der Waals surface area contributed by atoms with E-state index in [0.29, 0.717) is 11.5 Å². The maximum atomic E-state index is 12.6. The molecule has 1 aliphatic rings. The summed E-state index contributed by atoms with van der Waals surface area (Å²) in [6, 6.07) is 1.56. The van der Waals surface area contributed by atoms with Gasteiger partial charge in [-0.15, -0.1) is 0 Å². The normalized spacial score (nSPS) is 14.4. The highest BCUT2D eigenvalue weighted by molar-refractivity contribution is 7.98. The molecule has 0 bridgehead atoms. The van der Waals surface area contributed by atoms with Gasteiger partial charge in [-0.2, -0.15) is 11.8 Å². The second kappa shape index (κ2) is 15.9. The van der Waals surface area contributed by atoms with Crippen molar-refractivity contribution in [2.45, 2.75) is 92.5 Å². The number of aromatic amines is 1. The molecule has 2 heterocycles. The second-order valence-electron chi connectivity index (χ2n) is 9.61. The fraction of sp³-hybridized carbons (Fsp3) is 0.586. The summed E-state index contributed by atoms with van der Waals surface area (Å²) < 4.78 is 27.4. The summed E-state index contributed by atoms with van der Waals surface area (Å²) in [4.78, 5) is 19.0. The summed E-state index contributed by atoms with van der Waals surface area (Å²) >= 11 is 1.81. The van der Waals surface area contributed by atoms with Crippen LogP contribution in [-0.2, 0) is 6.54 Å². The van der Waals surface area contributed by atoms with Crippen molar-refractivity contribution in [2.24, 2.45) is 5.92 Å². The minimum atomic E-state index is -2.43. The molecule has 1 aliphatic carbocycles. The van der Waals surface area contributed by atoms with E-state index in [0.717, 1.165) is 67.5 Å². The van der Waals surface area contributed by atoms with E-state index in [2.05, 4.69) is 61.3 Å². The molecule has 202 valence electrons. The van der Waals surface area contributed by atoms with Gasteiger partial charge >= 0.3 is 0 Å². The fourth-order valence-corrected chi connectivity index (χ4v) is 4.66. The quantitative estimate of drug-likeness (QED) is 0.460. The van der Waals surface area contributed by atoms with Gasteiger partial charge in [0.1, 0.15) is 5.82 Å². The van der Waals surface area contributed by atoms with Crippen molar-refractivity contribution in [1.82, 2.24) is 14.5 Å². The molecule has 0 saturated heterocycles. The standard InChI is InChI=1S/C18H23N3OS.C8H14F2.C3H8/c1-6-7-16-18(12(2)3)14(11-21(16)8-9-23-5)15-10-17(22)20-13(4)19-15;1-8(9,10)7-5-3-2-4-6-7;1-3-2/h6-7,10-11H,1,8-9H2,2-5H3,(H,19,20,22);7H,2-6H2,1H3;3H2,1-2H3/b16-7+;;. The third kappa shape index (κ3) is 10.1. The number of aryl methyl sites for hydroxylation is 2. The molecule has 1 fully saturated rings. The molecule has 3 rings (SSSR count). The number of nitrogens with zero attached hydrogens (tertiary/aromatic N) is 2. The molecule has 4 nitrogen and oxygen atoms in total. The van der Waals surface area contributed by atoms with E-state index >= 15 is 0 Å². The molecule has 0 radical (unpaired) electrons. The van der Waals surface area contributed by atoms with E-state index in [4.69, 9.17) is 0 Å². The summed E-state index contributed by atoms with van der Waals surface area (Å²) in [5, 5.41) is 2.24. The summed E-state index contributed by atoms with van der Waals surface area (Å²) in [6.07, 6.45) is 13.8. The second-order valence-corrected chi connectivity index (χ2v) is 10.6. The number of allylic oxidation sites excluding steroid dienone is 1. The number of aromatic nitrogens is 3. The van der Waals surface area contributed by atoms with Crippen molar-refractivity contribution in [2.75, 3.05) is 12.0 Å². The van der Waals surface area contributed by atoms with E-state index < -0.39 is 5.92 Å². The van der Waals surface area contributed by atoms with Crippen LogP contribution in [0.15, 0.2) is 29.7 Å². The Morgan fingerprint density at radius 3 is 2.33 bits per heavy atom. The molecule has 1 saturated carbocycles. The number of hydrogen-bond acceptors (Lipinski definition) is 3. The average Bonchev–Trinajstić information content (AvgIpc) is 3.17. The lowest BCUT2D eigenvalue weighted by Crippen LogP contribution is -2.31. The summed E-state index contributed by atoms with van der Waals surface area (Å²) in [7, 11) is 0. The minimum Gasteiger partial charge on any atom is -0.346 e. The zero-order valence-corrected chi connectivity index (χ0v) is 24.0. The molecular weight excluding hydrogens is 476 g/mol. The highest BCUT2D eigenvalue weighted by atomic mass is 32.2. The van der Waals surface area contributed by atoms with Gasteiger partial charge in [0.2, 0.25) is 5.92 Å². The highest BCUT2D eigenvalue weighted by Crippen LogP contribution is 2.35. The number of hydrogen-bond donors (Lipinski definition) is 1. The van der Waals surface area contributed by atoms with Crippen molar-refractivity contribution in [1.29, 1.82) is 0 Å². The molecule has 1 N–H and O–H groups in total. The topological polar surface area (TPSA) is 50.7 Å². The third-order valence-corrected chi connectivity index (χ3v) is 6.48. The molecule has 0 spiro atoms. The maximum Gasteiger partial charge on any atom is 0.251 e. The lowest BCUT2D eigenvalue weighted by atomic mass is 9.85. The molecule has 2 aromatic rings. The molecule has 36 heavy (non-hydrogen) atoms. The van der Waals surface area contributed by atoms with Crippen LogP contribution in [0.2, 0.25) is 0 Å². The zero-order valence-electron chi connectivity index (χ0n) is 23.2. The van der Waals surface area contributed by atoms with Gasteiger partial charge in [0.15, 0.2) is 0 Å². The predicted molar refractivity (Wildman–Crippen MR) is 153 cm³/mol. The van der Waals surface area contributed by atoms with E-state index in [-0.39, 0.29) is 11.5 Å². The molecule has 7 heteroatoms. The Bertz CT molecular complexity index is 1120. The van der Waals surface area contributed by atoms with Gasteiger partial charge < -0.3 is 9.55 Å². The number of alkyl halides is 2. The largest absolute Gasteiger partial charge is 0.346 e. The first-order valence-electron chi connectivity index (χ1n) is 12.9. The third-order valence-electron chi connectivity index (χ3n) is 5.89. The van der Waals surface area contributed by atoms with Gasteiger partial charge in [-0.05, 0) is 52.9 Å². The van der Waals surface area contributed by atoms with Crippen molar-refractivity contribution in [3.05, 3.63) is 51.7 Å². The molecular formula is C29H45F2N3OS. The van der Waals surface area contributed by atoms with E-state index in [1.54, 1.807) is 19.1 Å². The summed E-state index contributed by atoms with van der Waals surface area (Å²) in [5.41, 5.74) is 2.77. The van der Waals surface area contributed by atoms with Crippen molar-refractivity contribution in [3.8, 4) is 11.3 Å². The van der Waals surface area contributed by atoms with Gasteiger partial charge in [0.05, 0.1) is 5.69 Å². The maximum absolute atomic E-state index is 12.6. The molecule has 0 aromatic carbocycles. The van der Waals surface area contributed by atoms with Crippen molar-refractivity contribution >= 4 is 23.4 Å². The first-order valence-corrected chi connectivity index (χ1v) is 14.3. The van der Waals surface area contributed by atoms with Crippen LogP contribution in [0.5, 0.6) is 0 Å². The van der Waals surface area contributed by atoms with Crippen LogP contribution in [0, 0.1) is 12.8 Å². The van der Waals surface area contributed by atoms with Crippen LogP contribution in [0.25, 0.3) is 22.9 Å². The number of H-pyrrole nitrogens is 1. The number of halogens is 2. The van der Waals surface area contributed by atoms with Gasteiger partial charge in [-0.25, -0.2) is 13.8 Å². The molecule has 0 aliphatic heterocycles. The Hall–Kier alpha value is -2.15. The Balaban J connectivity index is 0.000000412. The molecule has 0 unspecified atom stereocenters. The lowest BCUT2D eigenvalue weighted by Gasteiger charge is -2.26. The first-order chi connectivity index (χ1) is 17.0. The first kappa shape index (κ1) is 31.9. The van der Waals surface area contributed by atoms with Crippen LogP contribution >= 0.6 is 11.8 Å². The summed E-state index contributed by atoms with van der Waals surface area (Å²) in [5.74, 6) is -1.11. The summed E-state index contributed by atoms with van der Waals surface area (Å²) in [6.45, 7) is 16.0. The van der Waals surface area contributed by atoms with Crippen LogP contribution in [0.1, 0.15) is 79.0 Å².